The van der Waals surface area contributed by atoms with Gasteiger partial charge in [-0.05, 0) is 59.7 Å². The molecule has 0 unspecified atom stereocenters. The van der Waals surface area contributed by atoms with Crippen molar-refractivity contribution in [2.24, 2.45) is 0 Å². The summed E-state index contributed by atoms with van der Waals surface area (Å²) in [5.74, 6) is 1.94. The molecular weight excluding hydrogens is 452 g/mol. The fourth-order valence-corrected chi connectivity index (χ4v) is 5.30. The third-order valence-corrected chi connectivity index (χ3v) is 7.14. The second-order valence-corrected chi connectivity index (χ2v) is 9.56. The van der Waals surface area contributed by atoms with E-state index in [2.05, 4.69) is 12.0 Å². The lowest BCUT2D eigenvalue weighted by molar-refractivity contribution is 0.627. The Morgan fingerprint density at radius 1 is 0.667 bits per heavy atom. The van der Waals surface area contributed by atoms with Crippen molar-refractivity contribution in [3.8, 4) is 40.7 Å². The molecule has 33 heavy (non-hydrogen) atoms. The zero-order chi connectivity index (χ0) is 23.2. The first-order valence-corrected chi connectivity index (χ1v) is 12.0. The molecule has 1 nitrogen and oxygen atoms in total. The van der Waals surface area contributed by atoms with Gasteiger partial charge in [-0.3, -0.25) is 0 Å². The number of hydrogen-bond acceptors (Lipinski definition) is 3. The van der Waals surface area contributed by atoms with Crippen molar-refractivity contribution in [1.29, 1.82) is 5.26 Å². The zero-order valence-electron chi connectivity index (χ0n) is 17.4. The highest BCUT2D eigenvalue weighted by Gasteiger charge is 2.09. The van der Waals surface area contributed by atoms with Crippen molar-refractivity contribution in [1.82, 2.24) is 0 Å². The van der Waals surface area contributed by atoms with Crippen LogP contribution in [0.5, 0.6) is 0 Å². The van der Waals surface area contributed by atoms with Crippen LogP contribution < -0.4 is 0 Å². The van der Waals surface area contributed by atoms with Gasteiger partial charge in [-0.25, -0.2) is 8.78 Å². The van der Waals surface area contributed by atoms with E-state index in [1.54, 1.807) is 48.5 Å². The van der Waals surface area contributed by atoms with Gasteiger partial charge in [-0.2, -0.15) is 5.26 Å². The Bertz CT molecular complexity index is 1260. The van der Waals surface area contributed by atoms with E-state index in [1.165, 1.54) is 35.7 Å². The van der Waals surface area contributed by atoms with Gasteiger partial charge in [-0.15, -0.1) is 29.9 Å². The smallest absolute Gasteiger partial charge is 0.132 e. The van der Waals surface area contributed by atoms with Crippen LogP contribution in [0.25, 0.3) is 22.3 Å². The lowest BCUT2D eigenvalue weighted by atomic mass is 10.0. The van der Waals surface area contributed by atoms with Crippen LogP contribution in [0.2, 0.25) is 0 Å². The molecule has 0 fully saturated rings. The number of thioether (sulfide) groups is 2. The maximum absolute atomic E-state index is 14.6. The van der Waals surface area contributed by atoms with Crippen molar-refractivity contribution in [3.05, 3.63) is 108 Å². The maximum atomic E-state index is 14.6. The van der Waals surface area contributed by atoms with Crippen LogP contribution in [0.3, 0.4) is 0 Å². The molecule has 0 saturated heterocycles. The van der Waals surface area contributed by atoms with Crippen LogP contribution in [-0.4, -0.2) is 5.08 Å². The molecule has 0 amide bonds. The SMILES string of the molecule is C#Cc1ccc(-c2ccc(SCSc3ccc(-c4ccc(C#N)cc4)c(F)c3)cc2F)cc1. The van der Waals surface area contributed by atoms with Gasteiger partial charge in [0.2, 0.25) is 0 Å². The number of hydrogen-bond donors (Lipinski definition) is 0. The fraction of sp³-hybridized carbons (Fsp3) is 0.0357. The molecule has 0 aliphatic carbocycles. The van der Waals surface area contributed by atoms with Gasteiger partial charge in [0, 0.05) is 31.6 Å². The molecular formula is C28H17F2NS2. The minimum absolute atomic E-state index is 0.295. The third kappa shape index (κ3) is 5.46. The van der Waals surface area contributed by atoms with Gasteiger partial charge in [0.15, 0.2) is 0 Å². The molecule has 0 radical (unpaired) electrons. The molecule has 0 saturated carbocycles. The molecule has 0 aliphatic heterocycles. The second-order valence-electron chi connectivity index (χ2n) is 7.10. The van der Waals surface area contributed by atoms with Crippen LogP contribution >= 0.6 is 23.5 Å². The lowest BCUT2D eigenvalue weighted by Crippen LogP contribution is -1.87. The molecule has 4 aromatic carbocycles. The predicted octanol–water partition coefficient (Wildman–Crippen LogP) is 7.99. The zero-order valence-corrected chi connectivity index (χ0v) is 19.0. The topological polar surface area (TPSA) is 23.8 Å². The molecule has 5 heteroatoms. The lowest BCUT2D eigenvalue weighted by Gasteiger charge is -2.08. The second kappa shape index (κ2) is 10.4. The van der Waals surface area contributed by atoms with E-state index in [-0.39, 0.29) is 11.6 Å². The number of nitrogens with zero attached hydrogens (tertiary/aromatic N) is 1. The van der Waals surface area contributed by atoms with Crippen molar-refractivity contribution >= 4 is 23.5 Å². The van der Waals surface area contributed by atoms with Crippen LogP contribution in [0.1, 0.15) is 11.1 Å². The largest absolute Gasteiger partial charge is 0.206 e. The minimum atomic E-state index is -0.319. The summed E-state index contributed by atoms with van der Waals surface area (Å²) in [6.07, 6.45) is 5.37. The predicted molar refractivity (Wildman–Crippen MR) is 133 cm³/mol. The molecule has 0 atom stereocenters. The average Bonchev–Trinajstić information content (AvgIpc) is 2.84. The van der Waals surface area contributed by atoms with Crippen molar-refractivity contribution < 1.29 is 8.78 Å². The summed E-state index contributed by atoms with van der Waals surface area (Å²) < 4.78 is 29.3. The average molecular weight is 470 g/mol. The summed E-state index contributed by atoms with van der Waals surface area (Å²) in [4.78, 5) is 1.60. The number of halogens is 2. The molecule has 0 aliphatic rings. The van der Waals surface area contributed by atoms with E-state index in [1.807, 2.05) is 24.3 Å². The molecule has 0 spiro atoms. The highest BCUT2D eigenvalue weighted by Crippen LogP contribution is 2.33. The van der Waals surface area contributed by atoms with Gasteiger partial charge in [0.05, 0.1) is 11.6 Å². The minimum Gasteiger partial charge on any atom is -0.206 e. The Morgan fingerprint density at radius 2 is 1.12 bits per heavy atom. The van der Waals surface area contributed by atoms with E-state index in [4.69, 9.17) is 11.7 Å². The molecule has 0 N–H and O–H groups in total. The first kappa shape index (κ1) is 22.7. The quantitative estimate of drug-likeness (QED) is 0.162. The Morgan fingerprint density at radius 3 is 1.52 bits per heavy atom. The summed E-state index contributed by atoms with van der Waals surface area (Å²) in [6.45, 7) is 0. The summed E-state index contributed by atoms with van der Waals surface area (Å²) in [5, 5.41) is 9.51. The van der Waals surface area contributed by atoms with E-state index in [0.717, 1.165) is 26.5 Å². The molecule has 0 heterocycles. The van der Waals surface area contributed by atoms with Crippen LogP contribution in [0.15, 0.2) is 94.7 Å². The third-order valence-electron chi connectivity index (χ3n) is 5.02. The Labute approximate surface area is 200 Å². The van der Waals surface area contributed by atoms with Crippen molar-refractivity contribution in [2.75, 3.05) is 5.08 Å². The van der Waals surface area contributed by atoms with Gasteiger partial charge in [0.25, 0.3) is 0 Å². The number of nitriles is 1. The first-order chi connectivity index (χ1) is 16.1. The highest BCUT2D eigenvalue weighted by atomic mass is 32.2. The monoisotopic (exact) mass is 469 g/mol. The summed E-state index contributed by atoms with van der Waals surface area (Å²) in [7, 11) is 0. The molecule has 0 aromatic heterocycles. The van der Waals surface area contributed by atoms with Crippen molar-refractivity contribution in [2.45, 2.75) is 9.79 Å². The van der Waals surface area contributed by atoms with Gasteiger partial charge < -0.3 is 0 Å². The number of rotatable bonds is 6. The van der Waals surface area contributed by atoms with E-state index >= 15 is 0 Å². The molecule has 0 bridgehead atoms. The van der Waals surface area contributed by atoms with Crippen LogP contribution in [0.4, 0.5) is 8.78 Å². The maximum Gasteiger partial charge on any atom is 0.132 e. The number of terminal acetylenes is 1. The van der Waals surface area contributed by atoms with E-state index in [9.17, 15) is 8.78 Å². The highest BCUT2D eigenvalue weighted by molar-refractivity contribution is 8.16. The van der Waals surface area contributed by atoms with Crippen molar-refractivity contribution in [3.63, 3.8) is 0 Å². The molecule has 160 valence electrons. The van der Waals surface area contributed by atoms with Gasteiger partial charge in [-0.1, -0.05) is 42.3 Å². The molecule has 4 rings (SSSR count). The first-order valence-electron chi connectivity index (χ1n) is 9.99. The fourth-order valence-electron chi connectivity index (χ4n) is 3.28. The van der Waals surface area contributed by atoms with E-state index in [0.29, 0.717) is 21.8 Å². The van der Waals surface area contributed by atoms with E-state index < -0.39 is 0 Å². The Balaban J connectivity index is 1.38. The Kier molecular flexibility index (Phi) is 7.15. The van der Waals surface area contributed by atoms with Gasteiger partial charge >= 0.3 is 0 Å². The van der Waals surface area contributed by atoms with Crippen LogP contribution in [-0.2, 0) is 0 Å². The standard InChI is InChI=1S/C28H17F2NS2/c1-2-19-3-7-21(8-4-19)25-13-11-23(15-27(25)29)32-18-33-24-12-14-26(28(30)16-24)22-9-5-20(17-31)6-10-22/h1,3-16H,18H2. The summed E-state index contributed by atoms with van der Waals surface area (Å²) in [6, 6.07) is 26.4. The van der Waals surface area contributed by atoms with Crippen LogP contribution in [0, 0.1) is 35.3 Å². The number of benzene rings is 4. The van der Waals surface area contributed by atoms with Gasteiger partial charge in [0.1, 0.15) is 11.6 Å². The summed E-state index contributed by atoms with van der Waals surface area (Å²) >= 11 is 2.98. The molecule has 4 aromatic rings. The normalized spacial score (nSPS) is 10.4. The summed E-state index contributed by atoms with van der Waals surface area (Å²) in [5.41, 5.74) is 3.80. The Hall–Kier alpha value is -3.51.